The van der Waals surface area contributed by atoms with Gasteiger partial charge in [0.2, 0.25) is 0 Å². The van der Waals surface area contributed by atoms with Crippen LogP contribution in [0.4, 0.5) is 13.6 Å². The van der Waals surface area contributed by atoms with Gasteiger partial charge in [0.25, 0.3) is 5.91 Å². The normalized spacial score (nSPS) is 21.3. The summed E-state index contributed by atoms with van der Waals surface area (Å²) in [4.78, 5) is 26.2. The van der Waals surface area contributed by atoms with Crippen LogP contribution in [0.25, 0.3) is 0 Å². The quantitative estimate of drug-likeness (QED) is 0.883. The van der Waals surface area contributed by atoms with Gasteiger partial charge in [-0.1, -0.05) is 18.2 Å². The molecule has 4 nitrogen and oxygen atoms in total. The predicted octanol–water partition coefficient (Wildman–Crippen LogP) is 2.99. The number of benzene rings is 1. The summed E-state index contributed by atoms with van der Waals surface area (Å²) in [5, 5.41) is 4.42. The van der Waals surface area contributed by atoms with Crippen LogP contribution < -0.4 is 5.32 Å². The van der Waals surface area contributed by atoms with Crippen molar-refractivity contribution in [2.45, 2.75) is 19.0 Å². The van der Waals surface area contributed by atoms with E-state index in [1.807, 2.05) is 0 Å². The fourth-order valence-corrected chi connectivity index (χ4v) is 3.25. The molecule has 3 amide bonds. The van der Waals surface area contributed by atoms with Crippen molar-refractivity contribution in [3.05, 3.63) is 57.8 Å². The monoisotopic (exact) mass is 322 g/mol. The van der Waals surface area contributed by atoms with E-state index in [0.717, 1.165) is 11.0 Å². The number of nitrogens with zero attached hydrogens (tertiary/aromatic N) is 1. The van der Waals surface area contributed by atoms with Gasteiger partial charge in [0.15, 0.2) is 17.2 Å². The van der Waals surface area contributed by atoms with Crippen molar-refractivity contribution in [3.8, 4) is 0 Å². The molecular formula is C15H12F2N2O2S. The molecule has 2 heterocycles. The lowest BCUT2D eigenvalue weighted by Gasteiger charge is -2.20. The van der Waals surface area contributed by atoms with E-state index in [-0.39, 0.29) is 12.1 Å². The van der Waals surface area contributed by atoms with Gasteiger partial charge in [-0.3, -0.25) is 9.69 Å². The van der Waals surface area contributed by atoms with Crippen molar-refractivity contribution >= 4 is 23.3 Å². The maximum Gasteiger partial charge on any atom is 0.325 e. The van der Waals surface area contributed by atoms with E-state index in [9.17, 15) is 18.4 Å². The van der Waals surface area contributed by atoms with Crippen LogP contribution in [0.15, 0.2) is 35.7 Å². The van der Waals surface area contributed by atoms with E-state index in [2.05, 4.69) is 5.32 Å². The van der Waals surface area contributed by atoms with E-state index >= 15 is 0 Å². The first-order valence-corrected chi connectivity index (χ1v) is 7.42. The highest BCUT2D eigenvalue weighted by molar-refractivity contribution is 7.10. The molecule has 0 radical (unpaired) electrons. The van der Waals surface area contributed by atoms with E-state index in [1.165, 1.54) is 23.5 Å². The Labute approximate surface area is 129 Å². The molecular weight excluding hydrogens is 310 g/mol. The van der Waals surface area contributed by atoms with Gasteiger partial charge >= 0.3 is 6.03 Å². The molecule has 3 rings (SSSR count). The lowest BCUT2D eigenvalue weighted by Crippen LogP contribution is -2.40. The number of urea groups is 1. The minimum Gasteiger partial charge on any atom is -0.319 e. The smallest absolute Gasteiger partial charge is 0.319 e. The van der Waals surface area contributed by atoms with Gasteiger partial charge in [0.1, 0.15) is 0 Å². The summed E-state index contributed by atoms with van der Waals surface area (Å²) >= 11 is 1.34. The lowest BCUT2D eigenvalue weighted by atomic mass is 10.0. The summed E-state index contributed by atoms with van der Waals surface area (Å²) in [7, 11) is 0. The Hall–Kier alpha value is -2.28. The molecule has 22 heavy (non-hydrogen) atoms. The third kappa shape index (κ3) is 2.18. The molecule has 0 aliphatic carbocycles. The zero-order valence-corrected chi connectivity index (χ0v) is 12.4. The van der Waals surface area contributed by atoms with E-state index < -0.39 is 29.1 Å². The SMILES string of the molecule is CC1(c2cccs2)NC(=O)N(Cc2cccc(F)c2F)C1=O. The number of imide groups is 1. The van der Waals surface area contributed by atoms with Crippen molar-refractivity contribution in [3.63, 3.8) is 0 Å². The number of hydrogen-bond donors (Lipinski definition) is 1. The molecule has 1 aliphatic heterocycles. The number of nitrogens with one attached hydrogen (secondary N) is 1. The van der Waals surface area contributed by atoms with Gasteiger partial charge in [0.05, 0.1) is 6.54 Å². The largest absolute Gasteiger partial charge is 0.325 e. The van der Waals surface area contributed by atoms with Gasteiger partial charge in [0, 0.05) is 10.4 Å². The fraction of sp³-hybridized carbons (Fsp3) is 0.200. The Morgan fingerprint density at radius 1 is 1.23 bits per heavy atom. The molecule has 1 N–H and O–H groups in total. The molecule has 1 aromatic heterocycles. The number of carbonyl (C=O) groups is 2. The third-order valence-electron chi connectivity index (χ3n) is 3.65. The summed E-state index contributed by atoms with van der Waals surface area (Å²) in [6, 6.07) is 6.57. The van der Waals surface area contributed by atoms with Crippen LogP contribution in [-0.2, 0) is 16.9 Å². The standard InChI is InChI=1S/C15H12F2N2O2S/c1-15(11-6-3-7-22-11)13(20)19(14(21)18-15)8-9-4-2-5-10(16)12(9)17/h2-7H,8H2,1H3,(H,18,21). The van der Waals surface area contributed by atoms with Crippen molar-refractivity contribution < 1.29 is 18.4 Å². The number of halogens is 2. The van der Waals surface area contributed by atoms with Crippen LogP contribution >= 0.6 is 11.3 Å². The highest BCUT2D eigenvalue weighted by atomic mass is 32.1. The number of hydrogen-bond acceptors (Lipinski definition) is 3. The van der Waals surface area contributed by atoms with Crippen molar-refractivity contribution in [1.82, 2.24) is 10.2 Å². The molecule has 0 bridgehead atoms. The highest BCUT2D eigenvalue weighted by Crippen LogP contribution is 2.32. The maximum absolute atomic E-state index is 13.7. The Balaban J connectivity index is 1.91. The number of rotatable bonds is 3. The first kappa shape index (κ1) is 14.6. The van der Waals surface area contributed by atoms with Gasteiger partial charge in [-0.15, -0.1) is 11.3 Å². The summed E-state index contributed by atoms with van der Waals surface area (Å²) in [5.74, 6) is -2.54. The fourth-order valence-electron chi connectivity index (χ4n) is 2.41. The molecule has 1 aromatic carbocycles. The van der Waals surface area contributed by atoms with Gasteiger partial charge in [-0.25, -0.2) is 13.6 Å². The Morgan fingerprint density at radius 2 is 2.00 bits per heavy atom. The van der Waals surface area contributed by atoms with Crippen LogP contribution in [0, 0.1) is 11.6 Å². The minimum absolute atomic E-state index is 0.0427. The molecule has 0 saturated carbocycles. The number of amides is 3. The topological polar surface area (TPSA) is 49.4 Å². The second-order valence-electron chi connectivity index (χ2n) is 5.14. The molecule has 114 valence electrons. The van der Waals surface area contributed by atoms with E-state index in [1.54, 1.807) is 24.4 Å². The Bertz CT molecular complexity index is 748. The van der Waals surface area contributed by atoms with Crippen LogP contribution in [0.3, 0.4) is 0 Å². The molecule has 1 saturated heterocycles. The van der Waals surface area contributed by atoms with Crippen molar-refractivity contribution in [1.29, 1.82) is 0 Å². The summed E-state index contributed by atoms with van der Waals surface area (Å²) < 4.78 is 27.0. The maximum atomic E-state index is 13.7. The Morgan fingerprint density at radius 3 is 2.68 bits per heavy atom. The predicted molar refractivity (Wildman–Crippen MR) is 77.1 cm³/mol. The molecule has 2 aromatic rings. The molecule has 1 atom stereocenters. The summed E-state index contributed by atoms with van der Waals surface area (Å²) in [5.41, 5.74) is -1.21. The summed E-state index contributed by atoms with van der Waals surface area (Å²) in [6.07, 6.45) is 0. The second kappa shape index (κ2) is 5.17. The van der Waals surface area contributed by atoms with Crippen molar-refractivity contribution in [2.75, 3.05) is 0 Å². The molecule has 7 heteroatoms. The van der Waals surface area contributed by atoms with Crippen LogP contribution in [0.5, 0.6) is 0 Å². The first-order valence-electron chi connectivity index (χ1n) is 6.54. The third-order valence-corrected chi connectivity index (χ3v) is 4.74. The molecule has 1 fully saturated rings. The van der Waals surface area contributed by atoms with E-state index in [0.29, 0.717) is 4.88 Å². The van der Waals surface area contributed by atoms with Gasteiger partial charge in [-0.05, 0) is 24.4 Å². The van der Waals surface area contributed by atoms with Crippen LogP contribution in [-0.4, -0.2) is 16.8 Å². The second-order valence-corrected chi connectivity index (χ2v) is 6.08. The summed E-state index contributed by atoms with van der Waals surface area (Å²) in [6.45, 7) is 1.29. The average molecular weight is 322 g/mol. The van der Waals surface area contributed by atoms with Crippen LogP contribution in [0.2, 0.25) is 0 Å². The Kier molecular flexibility index (Phi) is 3.44. The number of thiophene rings is 1. The zero-order chi connectivity index (χ0) is 15.9. The molecule has 1 aliphatic rings. The average Bonchev–Trinajstić information content (AvgIpc) is 3.08. The zero-order valence-electron chi connectivity index (χ0n) is 11.6. The lowest BCUT2D eigenvalue weighted by molar-refractivity contribution is -0.131. The first-order chi connectivity index (χ1) is 10.4. The van der Waals surface area contributed by atoms with E-state index in [4.69, 9.17) is 0 Å². The number of carbonyl (C=O) groups excluding carboxylic acids is 2. The van der Waals surface area contributed by atoms with Crippen LogP contribution in [0.1, 0.15) is 17.4 Å². The molecule has 0 spiro atoms. The highest BCUT2D eigenvalue weighted by Gasteiger charge is 2.49. The van der Waals surface area contributed by atoms with Gasteiger partial charge in [-0.2, -0.15) is 0 Å². The molecule has 1 unspecified atom stereocenters. The van der Waals surface area contributed by atoms with Crippen molar-refractivity contribution in [2.24, 2.45) is 0 Å². The minimum atomic E-state index is -1.17. The van der Waals surface area contributed by atoms with Gasteiger partial charge < -0.3 is 5.32 Å².